The lowest BCUT2D eigenvalue weighted by Gasteiger charge is -2.24. The summed E-state index contributed by atoms with van der Waals surface area (Å²) >= 11 is 0. The number of pyridine rings is 1. The zero-order valence-corrected chi connectivity index (χ0v) is 17.5. The number of aromatic nitrogens is 3. The molecule has 2 N–H and O–H groups in total. The Bertz CT molecular complexity index is 927. The van der Waals surface area contributed by atoms with E-state index in [1.54, 1.807) is 16.6 Å². The second-order valence-electron chi connectivity index (χ2n) is 6.33. The lowest BCUT2D eigenvalue weighted by Crippen LogP contribution is -2.39. The highest BCUT2D eigenvalue weighted by molar-refractivity contribution is 6.07. The highest BCUT2D eigenvalue weighted by Gasteiger charge is 2.23. The molecule has 0 aliphatic carbocycles. The van der Waals surface area contributed by atoms with Gasteiger partial charge in [-0.15, -0.1) is 24.8 Å². The maximum Gasteiger partial charge on any atom is 0.254 e. The fraction of sp³-hybridized carbons (Fsp3) is 0.316. The molecule has 0 radical (unpaired) electrons. The van der Waals surface area contributed by atoms with E-state index in [1.165, 1.54) is 0 Å². The quantitative estimate of drug-likeness (QED) is 0.717. The summed E-state index contributed by atoms with van der Waals surface area (Å²) in [5.41, 5.74) is 9.56. The van der Waals surface area contributed by atoms with Crippen molar-refractivity contribution in [3.8, 4) is 11.3 Å². The number of benzene rings is 1. The summed E-state index contributed by atoms with van der Waals surface area (Å²) in [7, 11) is 3.62. The van der Waals surface area contributed by atoms with Crippen LogP contribution in [0.2, 0.25) is 0 Å². The Morgan fingerprint density at radius 1 is 1.26 bits per heavy atom. The van der Waals surface area contributed by atoms with Gasteiger partial charge in [-0.05, 0) is 19.9 Å². The van der Waals surface area contributed by atoms with Gasteiger partial charge in [0.2, 0.25) is 0 Å². The molecule has 1 aromatic carbocycles. The maximum absolute atomic E-state index is 13.1. The zero-order chi connectivity index (χ0) is 18.1. The number of nitrogens with zero attached hydrogens (tertiary/aromatic N) is 4. The minimum absolute atomic E-state index is 0. The number of nitrogens with two attached hydrogens (primary N) is 1. The Balaban J connectivity index is 0.00000182. The van der Waals surface area contributed by atoms with E-state index in [1.807, 2.05) is 57.3 Å². The molecule has 3 rings (SSSR count). The molecule has 27 heavy (non-hydrogen) atoms. The van der Waals surface area contributed by atoms with Gasteiger partial charge in [-0.3, -0.25) is 9.48 Å². The summed E-state index contributed by atoms with van der Waals surface area (Å²) in [5.74, 6) is -0.0707. The van der Waals surface area contributed by atoms with Crippen LogP contribution in [0, 0.1) is 6.92 Å². The van der Waals surface area contributed by atoms with Crippen LogP contribution in [0.5, 0.6) is 0 Å². The summed E-state index contributed by atoms with van der Waals surface area (Å²) < 4.78 is 1.72. The molecule has 0 saturated carbocycles. The number of hydrogen-bond acceptors (Lipinski definition) is 4. The normalized spacial score (nSPS) is 11.4. The number of fused-ring (bicyclic) bond motifs is 1. The molecule has 1 unspecified atom stereocenters. The zero-order valence-electron chi connectivity index (χ0n) is 15.8. The van der Waals surface area contributed by atoms with Crippen molar-refractivity contribution in [3.05, 3.63) is 47.7 Å². The monoisotopic (exact) mass is 409 g/mol. The van der Waals surface area contributed by atoms with Gasteiger partial charge in [-0.25, -0.2) is 4.98 Å². The van der Waals surface area contributed by atoms with E-state index >= 15 is 0 Å². The molecular weight excluding hydrogens is 385 g/mol. The molecule has 0 fully saturated rings. The molecule has 2 aromatic heterocycles. The third kappa shape index (κ3) is 4.24. The first kappa shape index (κ1) is 22.9. The van der Waals surface area contributed by atoms with Crippen molar-refractivity contribution >= 4 is 41.8 Å². The van der Waals surface area contributed by atoms with Crippen LogP contribution in [0.25, 0.3) is 22.3 Å². The van der Waals surface area contributed by atoms with Crippen molar-refractivity contribution in [3.63, 3.8) is 0 Å². The van der Waals surface area contributed by atoms with Crippen LogP contribution >= 0.6 is 24.8 Å². The summed E-state index contributed by atoms with van der Waals surface area (Å²) in [6.07, 6.45) is 0. The number of amides is 1. The Hall–Kier alpha value is -2.15. The summed E-state index contributed by atoms with van der Waals surface area (Å²) in [5, 5.41) is 5.25. The van der Waals surface area contributed by atoms with Gasteiger partial charge in [0.1, 0.15) is 0 Å². The van der Waals surface area contributed by atoms with Gasteiger partial charge in [0.25, 0.3) is 5.91 Å². The van der Waals surface area contributed by atoms with Gasteiger partial charge in [0.15, 0.2) is 5.65 Å². The average Bonchev–Trinajstić information content (AvgIpc) is 2.93. The minimum Gasteiger partial charge on any atom is -0.338 e. The van der Waals surface area contributed by atoms with E-state index < -0.39 is 0 Å². The average molecular weight is 410 g/mol. The fourth-order valence-corrected chi connectivity index (χ4v) is 2.92. The predicted octanol–water partition coefficient (Wildman–Crippen LogP) is 3.21. The van der Waals surface area contributed by atoms with E-state index in [0.717, 1.165) is 22.3 Å². The van der Waals surface area contributed by atoms with Crippen molar-refractivity contribution < 1.29 is 4.79 Å². The molecular formula is C19H25Cl2N5O. The van der Waals surface area contributed by atoms with Gasteiger partial charge >= 0.3 is 0 Å². The second-order valence-corrected chi connectivity index (χ2v) is 6.33. The van der Waals surface area contributed by atoms with E-state index in [-0.39, 0.29) is 36.8 Å². The van der Waals surface area contributed by atoms with Gasteiger partial charge < -0.3 is 10.6 Å². The number of likely N-dealkylation sites (N-methyl/N-ethyl adjacent to an activating group) is 1. The van der Waals surface area contributed by atoms with E-state index in [2.05, 4.69) is 5.10 Å². The molecule has 6 nitrogen and oxygen atoms in total. The molecule has 8 heteroatoms. The van der Waals surface area contributed by atoms with Gasteiger partial charge in [0, 0.05) is 32.2 Å². The maximum atomic E-state index is 13.1. The third-order valence-corrected chi connectivity index (χ3v) is 4.59. The minimum atomic E-state index is -0.0707. The number of halogens is 2. The van der Waals surface area contributed by atoms with E-state index in [9.17, 15) is 4.79 Å². The Kier molecular flexibility index (Phi) is 7.77. The summed E-state index contributed by atoms with van der Waals surface area (Å²) in [4.78, 5) is 19.5. The van der Waals surface area contributed by atoms with Gasteiger partial charge in [0.05, 0.1) is 22.3 Å². The van der Waals surface area contributed by atoms with Crippen LogP contribution in [0.3, 0.4) is 0 Å². The molecule has 0 bridgehead atoms. The van der Waals surface area contributed by atoms with Crippen molar-refractivity contribution in [2.24, 2.45) is 12.8 Å². The van der Waals surface area contributed by atoms with Crippen LogP contribution in [0.15, 0.2) is 36.4 Å². The van der Waals surface area contributed by atoms with E-state index in [0.29, 0.717) is 17.8 Å². The number of hydrogen-bond donors (Lipinski definition) is 1. The Morgan fingerprint density at radius 2 is 1.89 bits per heavy atom. The highest BCUT2D eigenvalue weighted by atomic mass is 35.5. The first-order valence-corrected chi connectivity index (χ1v) is 8.31. The van der Waals surface area contributed by atoms with E-state index in [4.69, 9.17) is 10.7 Å². The van der Waals surface area contributed by atoms with Gasteiger partial charge in [-0.2, -0.15) is 5.10 Å². The molecule has 0 aliphatic rings. The molecule has 1 amide bonds. The molecule has 1 atom stereocenters. The standard InChI is InChI=1S/C19H23N5O.2ClH/c1-12(11-20)23(3)19(25)15-10-16(14-8-6-5-7-9-14)21-18-17(15)13(2)22-24(18)4;;/h5-10,12H,11,20H2,1-4H3;2*1H. The highest BCUT2D eigenvalue weighted by Crippen LogP contribution is 2.27. The second kappa shape index (κ2) is 9.17. The largest absolute Gasteiger partial charge is 0.338 e. The Morgan fingerprint density at radius 3 is 2.48 bits per heavy atom. The number of carbonyl (C=O) groups excluding carboxylic acids is 1. The van der Waals surface area contributed by atoms with Crippen LogP contribution in [-0.4, -0.2) is 45.2 Å². The first-order chi connectivity index (χ1) is 11.9. The third-order valence-electron chi connectivity index (χ3n) is 4.59. The van der Waals surface area contributed by atoms with Crippen molar-refractivity contribution in [2.45, 2.75) is 19.9 Å². The molecule has 2 heterocycles. The lowest BCUT2D eigenvalue weighted by molar-refractivity contribution is 0.0750. The molecule has 0 saturated heterocycles. The fourth-order valence-electron chi connectivity index (χ4n) is 2.92. The number of carbonyl (C=O) groups is 1. The summed E-state index contributed by atoms with van der Waals surface area (Å²) in [6, 6.07) is 11.6. The predicted molar refractivity (Wildman–Crippen MR) is 114 cm³/mol. The number of aryl methyl sites for hydroxylation is 2. The van der Waals surface area contributed by atoms with Crippen LogP contribution < -0.4 is 5.73 Å². The van der Waals surface area contributed by atoms with Gasteiger partial charge in [-0.1, -0.05) is 30.3 Å². The SMILES string of the molecule is Cc1nn(C)c2nc(-c3ccccc3)cc(C(=O)N(C)C(C)CN)c12.Cl.Cl. The van der Waals surface area contributed by atoms with Crippen LogP contribution in [-0.2, 0) is 7.05 Å². The van der Waals surface area contributed by atoms with Crippen molar-refractivity contribution in [1.82, 2.24) is 19.7 Å². The summed E-state index contributed by atoms with van der Waals surface area (Å²) in [6.45, 7) is 4.24. The molecule has 3 aromatic rings. The topological polar surface area (TPSA) is 77.0 Å². The lowest BCUT2D eigenvalue weighted by atomic mass is 10.0. The Labute approximate surface area is 171 Å². The van der Waals surface area contributed by atoms with Crippen LogP contribution in [0.1, 0.15) is 23.0 Å². The van der Waals surface area contributed by atoms with Crippen LogP contribution in [0.4, 0.5) is 0 Å². The molecule has 0 aliphatic heterocycles. The molecule has 146 valence electrons. The van der Waals surface area contributed by atoms with Crippen molar-refractivity contribution in [1.29, 1.82) is 0 Å². The number of rotatable bonds is 4. The molecule has 0 spiro atoms. The smallest absolute Gasteiger partial charge is 0.254 e. The first-order valence-electron chi connectivity index (χ1n) is 8.31. The van der Waals surface area contributed by atoms with Crippen molar-refractivity contribution in [2.75, 3.05) is 13.6 Å².